The van der Waals surface area contributed by atoms with E-state index in [9.17, 15) is 22.2 Å². The third kappa shape index (κ3) is 8.48. The SMILES string of the molecule is CCCCCS(=O)NC(C)(C)NC(=O)c1ccc(C#Cc2cccc(C(F)(F)F)c2)cc1. The molecule has 0 saturated carbocycles. The van der Waals surface area contributed by atoms with Gasteiger partial charge in [-0.2, -0.15) is 13.2 Å². The molecule has 8 heteroatoms. The molecule has 0 aliphatic rings. The van der Waals surface area contributed by atoms with Gasteiger partial charge in [-0.15, -0.1) is 0 Å². The Morgan fingerprint density at radius 1 is 1.00 bits per heavy atom. The molecule has 0 spiro atoms. The van der Waals surface area contributed by atoms with Gasteiger partial charge in [0.05, 0.1) is 22.2 Å². The molecule has 2 N–H and O–H groups in total. The van der Waals surface area contributed by atoms with Crippen LogP contribution >= 0.6 is 0 Å². The van der Waals surface area contributed by atoms with E-state index in [0.29, 0.717) is 16.9 Å². The number of unbranched alkanes of at least 4 members (excludes halogenated alkanes) is 2. The van der Waals surface area contributed by atoms with Gasteiger partial charge in [0.2, 0.25) is 0 Å². The average Bonchev–Trinajstić information content (AvgIpc) is 2.71. The minimum atomic E-state index is -4.42. The van der Waals surface area contributed by atoms with Crippen molar-refractivity contribution in [3.63, 3.8) is 0 Å². The molecule has 4 nitrogen and oxygen atoms in total. The molecule has 0 heterocycles. The van der Waals surface area contributed by atoms with Crippen molar-refractivity contribution < 1.29 is 22.2 Å². The molecular formula is C24H27F3N2O2S. The molecule has 0 bridgehead atoms. The molecule has 1 amide bonds. The molecule has 0 saturated heterocycles. The van der Waals surface area contributed by atoms with Crippen molar-refractivity contribution in [3.8, 4) is 11.8 Å². The molecule has 2 aromatic rings. The summed E-state index contributed by atoms with van der Waals surface area (Å²) in [5.74, 6) is 5.69. The van der Waals surface area contributed by atoms with Gasteiger partial charge in [0.25, 0.3) is 5.91 Å². The predicted octanol–water partition coefficient (Wildman–Crippen LogP) is 5.01. The summed E-state index contributed by atoms with van der Waals surface area (Å²) in [5.41, 5.74) is -0.411. The normalized spacial score (nSPS) is 12.6. The lowest BCUT2D eigenvalue weighted by Gasteiger charge is -2.27. The first-order valence-corrected chi connectivity index (χ1v) is 11.6. The van der Waals surface area contributed by atoms with Crippen molar-refractivity contribution in [3.05, 3.63) is 70.8 Å². The molecule has 0 aromatic heterocycles. The molecule has 1 unspecified atom stereocenters. The Morgan fingerprint density at radius 2 is 1.66 bits per heavy atom. The summed E-state index contributed by atoms with van der Waals surface area (Å²) in [6.45, 7) is 5.54. The summed E-state index contributed by atoms with van der Waals surface area (Å²) in [4.78, 5) is 12.5. The van der Waals surface area contributed by atoms with Crippen molar-refractivity contribution in [2.24, 2.45) is 0 Å². The van der Waals surface area contributed by atoms with E-state index in [2.05, 4.69) is 28.8 Å². The Labute approximate surface area is 189 Å². The lowest BCUT2D eigenvalue weighted by molar-refractivity contribution is -0.137. The van der Waals surface area contributed by atoms with Gasteiger partial charge in [-0.3, -0.25) is 4.79 Å². The lowest BCUT2D eigenvalue weighted by Crippen LogP contribution is -2.55. The maximum Gasteiger partial charge on any atom is 0.416 e. The van der Waals surface area contributed by atoms with E-state index in [0.717, 1.165) is 31.4 Å². The summed E-state index contributed by atoms with van der Waals surface area (Å²) in [6.07, 6.45) is -1.53. The van der Waals surface area contributed by atoms with Crippen LogP contribution in [-0.4, -0.2) is 21.5 Å². The van der Waals surface area contributed by atoms with Gasteiger partial charge in [0, 0.05) is 22.4 Å². The van der Waals surface area contributed by atoms with Gasteiger partial charge < -0.3 is 5.32 Å². The first kappa shape index (κ1) is 25.6. The van der Waals surface area contributed by atoms with Gasteiger partial charge in [-0.1, -0.05) is 37.7 Å². The number of alkyl halides is 3. The van der Waals surface area contributed by atoms with Gasteiger partial charge in [0.15, 0.2) is 0 Å². The van der Waals surface area contributed by atoms with Crippen LogP contribution in [0.15, 0.2) is 48.5 Å². The monoisotopic (exact) mass is 464 g/mol. The first-order chi connectivity index (χ1) is 15.0. The van der Waals surface area contributed by atoms with Gasteiger partial charge >= 0.3 is 6.18 Å². The second-order valence-electron chi connectivity index (χ2n) is 7.84. The number of hydrogen-bond acceptors (Lipinski definition) is 2. The molecule has 0 radical (unpaired) electrons. The van der Waals surface area contributed by atoms with Crippen LogP contribution < -0.4 is 10.0 Å². The Bertz CT molecular complexity index is 1010. The largest absolute Gasteiger partial charge is 0.416 e. The van der Waals surface area contributed by atoms with E-state index < -0.39 is 28.4 Å². The molecule has 0 aliphatic carbocycles. The second kappa shape index (κ2) is 11.3. The van der Waals surface area contributed by atoms with Gasteiger partial charge in [-0.05, 0) is 62.7 Å². The molecule has 0 fully saturated rings. The molecular weight excluding hydrogens is 437 g/mol. The zero-order valence-electron chi connectivity index (χ0n) is 18.3. The number of carbonyl (C=O) groups excluding carboxylic acids is 1. The van der Waals surface area contributed by atoms with Crippen LogP contribution in [0.25, 0.3) is 0 Å². The fourth-order valence-corrected chi connectivity index (χ4v) is 4.01. The van der Waals surface area contributed by atoms with Gasteiger partial charge in [-0.25, -0.2) is 8.93 Å². The highest BCUT2D eigenvalue weighted by Crippen LogP contribution is 2.29. The number of nitrogens with one attached hydrogen (secondary N) is 2. The molecule has 0 aliphatic heterocycles. The number of rotatable bonds is 8. The summed E-state index contributed by atoms with van der Waals surface area (Å²) in [5, 5.41) is 2.81. The van der Waals surface area contributed by atoms with Crippen molar-refractivity contribution in [1.82, 2.24) is 10.0 Å². The summed E-state index contributed by atoms with van der Waals surface area (Å²) in [6, 6.07) is 11.2. The van der Waals surface area contributed by atoms with Gasteiger partial charge in [0.1, 0.15) is 0 Å². The van der Waals surface area contributed by atoms with E-state index in [1.54, 1.807) is 38.1 Å². The van der Waals surface area contributed by atoms with E-state index in [4.69, 9.17) is 0 Å². The highest BCUT2D eigenvalue weighted by atomic mass is 32.2. The average molecular weight is 465 g/mol. The van der Waals surface area contributed by atoms with Crippen molar-refractivity contribution in [2.75, 3.05) is 5.75 Å². The van der Waals surface area contributed by atoms with Crippen molar-refractivity contribution in [2.45, 2.75) is 51.9 Å². The van der Waals surface area contributed by atoms with E-state index in [1.807, 2.05) is 0 Å². The zero-order valence-corrected chi connectivity index (χ0v) is 19.1. The first-order valence-electron chi connectivity index (χ1n) is 10.3. The third-order valence-electron chi connectivity index (χ3n) is 4.42. The number of amides is 1. The summed E-state index contributed by atoms with van der Waals surface area (Å²) >= 11 is 0. The van der Waals surface area contributed by atoms with Crippen LogP contribution in [0.3, 0.4) is 0 Å². The maximum absolute atomic E-state index is 12.8. The van der Waals surface area contributed by atoms with Crippen molar-refractivity contribution in [1.29, 1.82) is 0 Å². The van der Waals surface area contributed by atoms with Crippen LogP contribution in [0.4, 0.5) is 13.2 Å². The summed E-state index contributed by atoms with van der Waals surface area (Å²) < 4.78 is 53.5. The minimum absolute atomic E-state index is 0.251. The maximum atomic E-state index is 12.8. The van der Waals surface area contributed by atoms with Crippen molar-refractivity contribution >= 4 is 16.9 Å². The van der Waals surface area contributed by atoms with E-state index >= 15 is 0 Å². The fourth-order valence-electron chi connectivity index (χ4n) is 2.82. The molecule has 1 atom stereocenters. The third-order valence-corrected chi connectivity index (χ3v) is 5.81. The summed E-state index contributed by atoms with van der Waals surface area (Å²) in [7, 11) is -1.25. The molecule has 32 heavy (non-hydrogen) atoms. The number of carbonyl (C=O) groups is 1. The van der Waals surface area contributed by atoms with E-state index in [-0.39, 0.29) is 11.5 Å². The standard InChI is InChI=1S/C24H27F3N2O2S/c1-4-5-6-16-32(31)29-23(2,3)28-22(30)20-14-12-18(13-15-20)10-11-19-8-7-9-21(17-19)24(25,26)27/h7-9,12-15,17,29H,4-6,16H2,1-3H3,(H,28,30). The number of hydrogen-bond donors (Lipinski definition) is 2. The smallest absolute Gasteiger partial charge is 0.334 e. The number of benzene rings is 2. The fraction of sp³-hybridized carbons (Fsp3) is 0.375. The lowest BCUT2D eigenvalue weighted by atomic mass is 10.1. The Hall–Kier alpha value is -2.63. The highest BCUT2D eigenvalue weighted by Gasteiger charge is 2.30. The molecule has 2 rings (SSSR count). The van der Waals surface area contributed by atoms with Crippen LogP contribution in [0.5, 0.6) is 0 Å². The van der Waals surface area contributed by atoms with Crippen LogP contribution in [0.1, 0.15) is 67.1 Å². The quantitative estimate of drug-likeness (QED) is 0.328. The van der Waals surface area contributed by atoms with Crippen LogP contribution in [-0.2, 0) is 17.2 Å². The minimum Gasteiger partial charge on any atom is -0.334 e. The number of halogens is 3. The topological polar surface area (TPSA) is 58.2 Å². The second-order valence-corrected chi connectivity index (χ2v) is 9.15. The van der Waals surface area contributed by atoms with E-state index in [1.165, 1.54) is 12.1 Å². The Balaban J connectivity index is 2.00. The molecule has 172 valence electrons. The Kier molecular flexibility index (Phi) is 9.05. The predicted molar refractivity (Wildman–Crippen MR) is 121 cm³/mol. The van der Waals surface area contributed by atoms with Crippen LogP contribution in [0, 0.1) is 11.8 Å². The highest BCUT2D eigenvalue weighted by molar-refractivity contribution is 7.83. The molecule has 2 aromatic carbocycles. The zero-order chi connectivity index (χ0) is 23.8. The Morgan fingerprint density at radius 3 is 2.28 bits per heavy atom. The van der Waals surface area contributed by atoms with Crippen LogP contribution in [0.2, 0.25) is 0 Å².